The molecule has 1 aliphatic heterocycles. The Labute approximate surface area is 224 Å². The van der Waals surface area contributed by atoms with Gasteiger partial charge in [-0.1, -0.05) is 12.1 Å². The molecular formula is C27H33F2IN4O2. The Morgan fingerprint density at radius 3 is 2.61 bits per heavy atom. The SMILES string of the molecule is CNC[C@@H](NC(O)c1ccc(C2C=NC=C(C3CCC(OC)CC3)N2)cc1F)c1cc(F)cc(I)c1. The number of halogens is 3. The fourth-order valence-electron chi connectivity index (χ4n) is 4.96. The first kappa shape index (κ1) is 27.1. The van der Waals surface area contributed by atoms with E-state index in [0.29, 0.717) is 24.1 Å². The predicted octanol–water partition coefficient (Wildman–Crippen LogP) is 4.87. The van der Waals surface area contributed by atoms with Gasteiger partial charge in [0.15, 0.2) is 0 Å². The van der Waals surface area contributed by atoms with Crippen LogP contribution in [0.25, 0.3) is 0 Å². The first-order chi connectivity index (χ1) is 17.4. The van der Waals surface area contributed by atoms with Gasteiger partial charge in [0.1, 0.15) is 17.9 Å². The first-order valence-electron chi connectivity index (χ1n) is 12.2. The molecule has 4 N–H and O–H groups in total. The van der Waals surface area contributed by atoms with Gasteiger partial charge in [0, 0.05) is 52.9 Å². The Morgan fingerprint density at radius 2 is 1.94 bits per heavy atom. The molecule has 1 heterocycles. The molecule has 2 aliphatic rings. The fourth-order valence-corrected chi connectivity index (χ4v) is 5.62. The van der Waals surface area contributed by atoms with Gasteiger partial charge in [0.2, 0.25) is 0 Å². The zero-order chi connectivity index (χ0) is 25.7. The number of rotatable bonds is 9. The number of nitrogens with one attached hydrogen (secondary N) is 3. The lowest BCUT2D eigenvalue weighted by atomic mass is 9.84. The normalized spacial score (nSPS) is 23.6. The maximum absolute atomic E-state index is 15.2. The molecule has 36 heavy (non-hydrogen) atoms. The second-order valence-corrected chi connectivity index (χ2v) is 10.6. The topological polar surface area (TPSA) is 77.9 Å². The Balaban J connectivity index is 1.44. The number of hydrogen-bond acceptors (Lipinski definition) is 6. The molecule has 0 saturated heterocycles. The molecule has 2 unspecified atom stereocenters. The van der Waals surface area contributed by atoms with Crippen LogP contribution in [0.3, 0.4) is 0 Å². The molecule has 1 saturated carbocycles. The third-order valence-electron chi connectivity index (χ3n) is 6.95. The van der Waals surface area contributed by atoms with Crippen LogP contribution in [0.1, 0.15) is 60.7 Å². The maximum Gasteiger partial charge on any atom is 0.134 e. The minimum atomic E-state index is -1.27. The van der Waals surface area contributed by atoms with E-state index in [4.69, 9.17) is 4.74 Å². The quantitative estimate of drug-likeness (QED) is 0.241. The van der Waals surface area contributed by atoms with E-state index >= 15 is 4.39 Å². The van der Waals surface area contributed by atoms with Gasteiger partial charge >= 0.3 is 0 Å². The number of methoxy groups -OCH3 is 1. The zero-order valence-electron chi connectivity index (χ0n) is 20.5. The van der Waals surface area contributed by atoms with Crippen molar-refractivity contribution in [2.24, 2.45) is 10.9 Å². The molecule has 2 aromatic carbocycles. The molecule has 0 amide bonds. The number of nitrogens with zero attached hydrogens (tertiary/aromatic N) is 1. The van der Waals surface area contributed by atoms with Crippen LogP contribution in [0, 0.1) is 21.1 Å². The molecule has 1 fully saturated rings. The van der Waals surface area contributed by atoms with Crippen LogP contribution in [-0.4, -0.2) is 38.1 Å². The summed E-state index contributed by atoms with van der Waals surface area (Å²) in [5.41, 5.74) is 2.61. The smallest absolute Gasteiger partial charge is 0.134 e. The first-order valence-corrected chi connectivity index (χ1v) is 13.3. The summed E-state index contributed by atoms with van der Waals surface area (Å²) < 4.78 is 35.4. The summed E-state index contributed by atoms with van der Waals surface area (Å²) in [6.07, 6.45) is 6.79. The van der Waals surface area contributed by atoms with Gasteiger partial charge in [-0.25, -0.2) is 8.78 Å². The number of aliphatic imine (C=N–C) groups is 1. The number of aliphatic hydroxyl groups excluding tert-OH is 1. The summed E-state index contributed by atoms with van der Waals surface area (Å²) in [7, 11) is 3.53. The minimum absolute atomic E-state index is 0.132. The number of likely N-dealkylation sites (N-methyl/N-ethyl adjacent to an activating group) is 1. The Hall–Kier alpha value is -1.92. The van der Waals surface area contributed by atoms with Crippen molar-refractivity contribution < 1.29 is 18.6 Å². The maximum atomic E-state index is 15.2. The Bertz CT molecular complexity index is 1080. The molecule has 1 aliphatic carbocycles. The number of aliphatic hydroxyl groups is 1. The van der Waals surface area contributed by atoms with Crippen LogP contribution in [-0.2, 0) is 4.74 Å². The molecule has 6 nitrogen and oxygen atoms in total. The van der Waals surface area contributed by atoms with Gasteiger partial charge in [-0.3, -0.25) is 10.3 Å². The average Bonchev–Trinajstić information content (AvgIpc) is 2.88. The molecule has 0 bridgehead atoms. The standard InChI is InChI=1S/C27H33F2IN4O2/c1-31-13-24(18-9-19(28)12-20(30)10-18)34-27(35)22-8-5-17(11-23(22)29)26-15-32-14-25(33-26)16-3-6-21(36-2)7-4-16/h5,8-12,14-16,21,24,26-27,31,33-35H,3-4,6-7,13H2,1-2H3/t16?,21?,24-,26?,27?/m1/s1. The summed E-state index contributed by atoms with van der Waals surface area (Å²) in [5, 5.41) is 20.4. The number of allylic oxidation sites excluding steroid dienone is 1. The Morgan fingerprint density at radius 1 is 1.17 bits per heavy atom. The summed E-state index contributed by atoms with van der Waals surface area (Å²) in [6.45, 7) is 0.431. The Kier molecular flexibility index (Phi) is 9.46. The number of ether oxygens (including phenoxy) is 1. The third-order valence-corrected chi connectivity index (χ3v) is 7.57. The molecule has 4 rings (SSSR count). The summed E-state index contributed by atoms with van der Waals surface area (Å²) >= 11 is 2.05. The van der Waals surface area contributed by atoms with E-state index in [0.717, 1.165) is 40.5 Å². The highest BCUT2D eigenvalue weighted by Crippen LogP contribution is 2.33. The van der Waals surface area contributed by atoms with Crippen molar-refractivity contribution in [3.8, 4) is 0 Å². The van der Waals surface area contributed by atoms with Crippen LogP contribution in [0.2, 0.25) is 0 Å². The highest BCUT2D eigenvalue weighted by molar-refractivity contribution is 14.1. The molecule has 3 atom stereocenters. The lowest BCUT2D eigenvalue weighted by Crippen LogP contribution is -2.34. The van der Waals surface area contributed by atoms with Gasteiger partial charge in [-0.15, -0.1) is 0 Å². The van der Waals surface area contributed by atoms with E-state index in [-0.39, 0.29) is 17.4 Å². The molecule has 9 heteroatoms. The average molecular weight is 610 g/mol. The molecular weight excluding hydrogens is 577 g/mol. The van der Waals surface area contributed by atoms with Crippen molar-refractivity contribution in [3.05, 3.63) is 80.2 Å². The van der Waals surface area contributed by atoms with Gasteiger partial charge in [0.25, 0.3) is 0 Å². The van der Waals surface area contributed by atoms with Crippen molar-refractivity contribution in [3.63, 3.8) is 0 Å². The van der Waals surface area contributed by atoms with Crippen molar-refractivity contribution in [1.29, 1.82) is 0 Å². The van der Waals surface area contributed by atoms with E-state index < -0.39 is 18.1 Å². The van der Waals surface area contributed by atoms with Gasteiger partial charge in [0.05, 0.1) is 12.1 Å². The van der Waals surface area contributed by atoms with Gasteiger partial charge in [-0.05, 0) is 90.7 Å². The van der Waals surface area contributed by atoms with Crippen molar-refractivity contribution >= 4 is 28.8 Å². The van der Waals surface area contributed by atoms with Crippen LogP contribution >= 0.6 is 22.6 Å². The van der Waals surface area contributed by atoms with Crippen molar-refractivity contribution in [1.82, 2.24) is 16.0 Å². The van der Waals surface area contributed by atoms with E-state index in [2.05, 4.69) is 20.9 Å². The van der Waals surface area contributed by atoms with Gasteiger partial charge < -0.3 is 20.5 Å². The fraction of sp³-hybridized carbons (Fsp3) is 0.444. The lowest BCUT2D eigenvalue weighted by molar-refractivity contribution is 0.0604. The lowest BCUT2D eigenvalue weighted by Gasteiger charge is -2.32. The molecule has 0 spiro atoms. The largest absolute Gasteiger partial charge is 0.381 e. The summed E-state index contributed by atoms with van der Waals surface area (Å²) in [4.78, 5) is 4.42. The highest BCUT2D eigenvalue weighted by Gasteiger charge is 2.27. The van der Waals surface area contributed by atoms with Crippen molar-refractivity contribution in [2.45, 2.75) is 50.1 Å². The highest BCUT2D eigenvalue weighted by atomic mass is 127. The van der Waals surface area contributed by atoms with Crippen LogP contribution < -0.4 is 16.0 Å². The van der Waals surface area contributed by atoms with E-state index in [1.807, 2.05) is 34.9 Å². The van der Waals surface area contributed by atoms with E-state index in [1.165, 1.54) is 18.2 Å². The summed E-state index contributed by atoms with van der Waals surface area (Å²) in [6, 6.07) is 8.86. The molecule has 0 aromatic heterocycles. The number of hydrogen-bond donors (Lipinski definition) is 4. The third kappa shape index (κ3) is 6.69. The van der Waals surface area contributed by atoms with Crippen LogP contribution in [0.4, 0.5) is 8.78 Å². The van der Waals surface area contributed by atoms with E-state index in [1.54, 1.807) is 32.5 Å². The molecule has 2 aromatic rings. The zero-order valence-corrected chi connectivity index (χ0v) is 22.6. The van der Waals surface area contributed by atoms with Crippen molar-refractivity contribution in [2.75, 3.05) is 20.7 Å². The van der Waals surface area contributed by atoms with Crippen LogP contribution in [0.15, 0.2) is 53.3 Å². The second kappa shape index (κ2) is 12.6. The minimum Gasteiger partial charge on any atom is -0.381 e. The van der Waals surface area contributed by atoms with E-state index in [9.17, 15) is 9.50 Å². The van der Waals surface area contributed by atoms with Crippen LogP contribution in [0.5, 0.6) is 0 Å². The monoisotopic (exact) mass is 610 g/mol. The molecule has 0 radical (unpaired) electrons. The van der Waals surface area contributed by atoms with Gasteiger partial charge in [-0.2, -0.15) is 0 Å². The second-order valence-electron chi connectivity index (χ2n) is 9.38. The number of benzene rings is 2. The molecule has 194 valence electrons. The predicted molar refractivity (Wildman–Crippen MR) is 145 cm³/mol. The summed E-state index contributed by atoms with van der Waals surface area (Å²) in [5.74, 6) is -0.482.